The molecule has 0 atom stereocenters. The molecule has 0 unspecified atom stereocenters. The molecule has 0 radical (unpaired) electrons. The van der Waals surface area contributed by atoms with Gasteiger partial charge in [0.2, 0.25) is 11.8 Å². The smallest absolute Gasteiger partial charge is 0.388 e. The molecule has 0 saturated carbocycles. The summed E-state index contributed by atoms with van der Waals surface area (Å²) < 4.78 is 64.9. The number of nitrogens with zero attached hydrogens (tertiary/aromatic N) is 1. The summed E-state index contributed by atoms with van der Waals surface area (Å²) in [4.78, 5) is 14.2. The molecule has 0 saturated heterocycles. The maximum atomic E-state index is 12.7. The minimum absolute atomic E-state index is 0.396. The van der Waals surface area contributed by atoms with Crippen LogP contribution in [0.3, 0.4) is 0 Å². The number of carbonyl (C=O) groups is 1. The van der Waals surface area contributed by atoms with Gasteiger partial charge in [0.1, 0.15) is 0 Å². The quantitative estimate of drug-likeness (QED) is 0.687. The molecule has 106 valence electrons. The van der Waals surface area contributed by atoms with Gasteiger partial charge in [-0.25, -0.2) is 13.8 Å². The van der Waals surface area contributed by atoms with Crippen molar-refractivity contribution in [3.05, 3.63) is 22.9 Å². The van der Waals surface area contributed by atoms with E-state index < -0.39 is 47.3 Å². The third-order valence-electron chi connectivity index (χ3n) is 1.94. The molecule has 4 nitrogen and oxygen atoms in total. The van der Waals surface area contributed by atoms with Crippen LogP contribution >= 0.6 is 11.6 Å². The summed E-state index contributed by atoms with van der Waals surface area (Å²) in [5, 5.41) is 0. The van der Waals surface area contributed by atoms with Gasteiger partial charge in [0.25, 0.3) is 6.43 Å². The van der Waals surface area contributed by atoms with E-state index in [0.29, 0.717) is 6.07 Å². The van der Waals surface area contributed by atoms with Crippen LogP contribution in [0.4, 0.5) is 22.0 Å². The van der Waals surface area contributed by atoms with Gasteiger partial charge in [0, 0.05) is 6.07 Å². The molecule has 10 heteroatoms. The largest absolute Gasteiger partial charge is 0.574 e. The molecule has 1 aromatic heterocycles. The van der Waals surface area contributed by atoms with Crippen LogP contribution in [0.1, 0.15) is 28.0 Å². The molecule has 1 heterocycles. The number of amides is 1. The van der Waals surface area contributed by atoms with Crippen molar-refractivity contribution in [2.75, 3.05) is 0 Å². The number of pyridine rings is 1. The first kappa shape index (κ1) is 15.4. The van der Waals surface area contributed by atoms with Crippen molar-refractivity contribution in [3.63, 3.8) is 0 Å². The molecular formula is C9H6ClF5N2O2. The molecule has 1 aromatic rings. The third-order valence-corrected chi connectivity index (χ3v) is 2.20. The van der Waals surface area contributed by atoms with Crippen molar-refractivity contribution in [2.45, 2.75) is 18.7 Å². The molecule has 0 aliphatic carbocycles. The Kier molecular flexibility index (Phi) is 4.51. The Morgan fingerprint density at radius 3 is 2.42 bits per heavy atom. The molecule has 0 aliphatic heterocycles. The SMILES string of the molecule is NC(=O)c1cc(OC(F)(F)F)nc(CCl)c1C(F)F. The van der Waals surface area contributed by atoms with Crippen LogP contribution in [0.25, 0.3) is 0 Å². The standard InChI is InChI=1S/C9H6ClF5N2O2/c10-2-4-6(7(11)12)3(8(16)18)1-5(17-4)19-9(13,14)15/h1,7H,2H2,(H2,16,18). The van der Waals surface area contributed by atoms with E-state index in [1.54, 1.807) is 0 Å². The zero-order valence-corrected chi connectivity index (χ0v) is 9.73. The first-order chi connectivity index (χ1) is 8.65. The lowest BCUT2D eigenvalue weighted by Gasteiger charge is -2.14. The molecule has 1 amide bonds. The second kappa shape index (κ2) is 5.55. The van der Waals surface area contributed by atoms with E-state index in [1.807, 2.05) is 0 Å². The van der Waals surface area contributed by atoms with Crippen molar-refractivity contribution >= 4 is 17.5 Å². The van der Waals surface area contributed by atoms with Crippen molar-refractivity contribution in [3.8, 4) is 5.88 Å². The average molecular weight is 305 g/mol. The number of hydrogen-bond acceptors (Lipinski definition) is 3. The highest BCUT2D eigenvalue weighted by Crippen LogP contribution is 2.31. The second-order valence-corrected chi connectivity index (χ2v) is 3.48. The third kappa shape index (κ3) is 3.91. The topological polar surface area (TPSA) is 65.2 Å². The lowest BCUT2D eigenvalue weighted by atomic mass is 10.1. The van der Waals surface area contributed by atoms with Gasteiger partial charge >= 0.3 is 6.36 Å². The van der Waals surface area contributed by atoms with E-state index in [4.69, 9.17) is 17.3 Å². The minimum atomic E-state index is -5.09. The number of hydrogen-bond donors (Lipinski definition) is 1. The summed E-state index contributed by atoms with van der Waals surface area (Å²) in [6.45, 7) is 0. The maximum absolute atomic E-state index is 12.7. The number of ether oxygens (including phenoxy) is 1. The van der Waals surface area contributed by atoms with Crippen molar-refractivity contribution in [1.82, 2.24) is 4.98 Å². The highest BCUT2D eigenvalue weighted by molar-refractivity contribution is 6.17. The van der Waals surface area contributed by atoms with Crippen LogP contribution in [-0.2, 0) is 5.88 Å². The van der Waals surface area contributed by atoms with Crippen LogP contribution in [0.5, 0.6) is 5.88 Å². The fourth-order valence-corrected chi connectivity index (χ4v) is 1.51. The molecule has 19 heavy (non-hydrogen) atoms. The van der Waals surface area contributed by atoms with Gasteiger partial charge in [-0.15, -0.1) is 24.8 Å². The van der Waals surface area contributed by atoms with Crippen molar-refractivity contribution in [2.24, 2.45) is 5.73 Å². The number of rotatable bonds is 4. The van der Waals surface area contributed by atoms with Gasteiger partial charge in [-0.3, -0.25) is 4.79 Å². The monoisotopic (exact) mass is 304 g/mol. The summed E-state index contributed by atoms with van der Waals surface area (Å²) in [6.07, 6.45) is -8.25. The zero-order valence-electron chi connectivity index (χ0n) is 8.97. The molecule has 2 N–H and O–H groups in total. The van der Waals surface area contributed by atoms with Crippen molar-refractivity contribution < 1.29 is 31.5 Å². The number of nitrogens with two attached hydrogens (primary N) is 1. The van der Waals surface area contributed by atoms with Gasteiger partial charge in [0.05, 0.1) is 22.7 Å². The van der Waals surface area contributed by atoms with Crippen molar-refractivity contribution in [1.29, 1.82) is 0 Å². The second-order valence-electron chi connectivity index (χ2n) is 3.21. The number of alkyl halides is 6. The van der Waals surface area contributed by atoms with E-state index in [9.17, 15) is 26.7 Å². The molecule has 0 aliphatic rings. The molecule has 0 bridgehead atoms. The Morgan fingerprint density at radius 2 is 2.05 bits per heavy atom. The summed E-state index contributed by atoms with van der Waals surface area (Å²) in [5.74, 6) is -3.05. The van der Waals surface area contributed by atoms with Gasteiger partial charge < -0.3 is 10.5 Å². The Balaban J connectivity index is 3.40. The summed E-state index contributed by atoms with van der Waals surface area (Å²) in [6, 6.07) is 0.396. The minimum Gasteiger partial charge on any atom is -0.388 e. The summed E-state index contributed by atoms with van der Waals surface area (Å²) in [5.41, 5.74) is 2.50. The Morgan fingerprint density at radius 1 is 1.47 bits per heavy atom. The first-order valence-electron chi connectivity index (χ1n) is 4.59. The predicted octanol–water partition coefficient (Wildman–Crippen LogP) is 2.76. The van der Waals surface area contributed by atoms with Gasteiger partial charge in [-0.2, -0.15) is 0 Å². The Labute approximate surface area is 108 Å². The van der Waals surface area contributed by atoms with E-state index in [-0.39, 0.29) is 0 Å². The summed E-state index contributed by atoms with van der Waals surface area (Å²) in [7, 11) is 0. The molecular weight excluding hydrogens is 299 g/mol. The highest BCUT2D eigenvalue weighted by atomic mass is 35.5. The number of halogens is 6. The highest BCUT2D eigenvalue weighted by Gasteiger charge is 2.33. The number of carbonyl (C=O) groups excluding carboxylic acids is 1. The molecule has 0 spiro atoms. The van der Waals surface area contributed by atoms with E-state index in [0.717, 1.165) is 0 Å². The van der Waals surface area contributed by atoms with Gasteiger partial charge in [-0.05, 0) is 0 Å². The summed E-state index contributed by atoms with van der Waals surface area (Å²) >= 11 is 5.31. The fraction of sp³-hybridized carbons (Fsp3) is 0.333. The van der Waals surface area contributed by atoms with Crippen LogP contribution < -0.4 is 10.5 Å². The Bertz CT molecular complexity index is 492. The zero-order chi connectivity index (χ0) is 14.8. The number of aromatic nitrogens is 1. The first-order valence-corrected chi connectivity index (χ1v) is 5.12. The van der Waals surface area contributed by atoms with Crippen LogP contribution in [0.15, 0.2) is 6.07 Å². The maximum Gasteiger partial charge on any atom is 0.574 e. The lowest BCUT2D eigenvalue weighted by molar-refractivity contribution is -0.276. The predicted molar refractivity (Wildman–Crippen MR) is 54.0 cm³/mol. The van der Waals surface area contributed by atoms with Gasteiger partial charge in [0.15, 0.2) is 0 Å². The molecule has 0 aromatic carbocycles. The van der Waals surface area contributed by atoms with E-state index >= 15 is 0 Å². The van der Waals surface area contributed by atoms with E-state index in [1.165, 1.54) is 0 Å². The molecule has 0 fully saturated rings. The Hall–Kier alpha value is -1.64. The molecule has 1 rings (SSSR count). The normalized spacial score (nSPS) is 11.7. The van der Waals surface area contributed by atoms with Crippen LogP contribution in [0, 0.1) is 0 Å². The average Bonchev–Trinajstić information content (AvgIpc) is 2.24. The van der Waals surface area contributed by atoms with Gasteiger partial charge in [-0.1, -0.05) is 0 Å². The van der Waals surface area contributed by atoms with Crippen LogP contribution in [0.2, 0.25) is 0 Å². The number of primary amides is 1. The van der Waals surface area contributed by atoms with Crippen LogP contribution in [-0.4, -0.2) is 17.3 Å². The lowest BCUT2D eigenvalue weighted by Crippen LogP contribution is -2.21. The van der Waals surface area contributed by atoms with E-state index in [2.05, 4.69) is 9.72 Å². The fourth-order valence-electron chi connectivity index (χ4n) is 1.30.